The molecule has 0 radical (unpaired) electrons. The molecule has 0 spiro atoms. The van der Waals surface area contributed by atoms with E-state index in [4.69, 9.17) is 16.3 Å². The first-order valence-corrected chi connectivity index (χ1v) is 7.23. The van der Waals surface area contributed by atoms with Gasteiger partial charge in [-0.15, -0.1) is 0 Å². The number of ether oxygens (including phenoxy) is 1. The maximum absolute atomic E-state index is 6.11. The predicted octanol–water partition coefficient (Wildman–Crippen LogP) is 4.31. The van der Waals surface area contributed by atoms with Crippen molar-refractivity contribution in [3.63, 3.8) is 0 Å². The van der Waals surface area contributed by atoms with Gasteiger partial charge in [-0.05, 0) is 47.4 Å². The van der Waals surface area contributed by atoms with Gasteiger partial charge in [0.25, 0.3) is 0 Å². The van der Waals surface area contributed by atoms with Crippen LogP contribution in [0.15, 0.2) is 16.6 Å². The molecule has 1 N–H and O–H groups in total. The molecule has 2 atom stereocenters. The molecule has 0 saturated carbocycles. The standard InChI is InChI=1S/C13H17BrClNO/c1-3-5-16-12-9-6-8(15)7-10(14)13(9)17-11(12)4-2/h6-7,11-12,16H,3-5H2,1-2H3. The van der Waals surface area contributed by atoms with Crippen LogP contribution < -0.4 is 10.1 Å². The van der Waals surface area contributed by atoms with Gasteiger partial charge in [0.15, 0.2) is 0 Å². The van der Waals surface area contributed by atoms with E-state index in [2.05, 4.69) is 35.1 Å². The molecule has 2 unspecified atom stereocenters. The molecule has 0 amide bonds. The lowest BCUT2D eigenvalue weighted by Gasteiger charge is -2.18. The van der Waals surface area contributed by atoms with Crippen molar-refractivity contribution < 1.29 is 4.74 Å². The Hall–Kier alpha value is -0.250. The molecule has 1 aromatic carbocycles. The Morgan fingerprint density at radius 1 is 1.41 bits per heavy atom. The number of nitrogens with one attached hydrogen (secondary N) is 1. The first-order chi connectivity index (χ1) is 8.17. The van der Waals surface area contributed by atoms with E-state index in [-0.39, 0.29) is 12.1 Å². The lowest BCUT2D eigenvalue weighted by Crippen LogP contribution is -2.31. The summed E-state index contributed by atoms with van der Waals surface area (Å²) in [5.41, 5.74) is 1.17. The second-order valence-corrected chi connectivity index (χ2v) is 5.59. The van der Waals surface area contributed by atoms with Crippen LogP contribution in [-0.2, 0) is 0 Å². The molecule has 0 bridgehead atoms. The molecule has 0 aliphatic carbocycles. The summed E-state index contributed by atoms with van der Waals surface area (Å²) in [5.74, 6) is 0.940. The molecule has 1 aromatic rings. The highest BCUT2D eigenvalue weighted by molar-refractivity contribution is 9.10. The topological polar surface area (TPSA) is 21.3 Å². The van der Waals surface area contributed by atoms with Gasteiger partial charge in [0.1, 0.15) is 11.9 Å². The first kappa shape index (κ1) is 13.2. The normalized spacial score (nSPS) is 22.4. The average Bonchev–Trinajstić information content (AvgIpc) is 2.64. The van der Waals surface area contributed by atoms with E-state index in [9.17, 15) is 0 Å². The molecular weight excluding hydrogens is 302 g/mol. The second-order valence-electron chi connectivity index (χ2n) is 4.30. The first-order valence-electron chi connectivity index (χ1n) is 6.06. The molecule has 17 heavy (non-hydrogen) atoms. The van der Waals surface area contributed by atoms with Gasteiger partial charge in [0.2, 0.25) is 0 Å². The number of hydrogen-bond acceptors (Lipinski definition) is 2. The van der Waals surface area contributed by atoms with Crippen molar-refractivity contribution in [1.82, 2.24) is 5.32 Å². The van der Waals surface area contributed by atoms with Crippen LogP contribution >= 0.6 is 27.5 Å². The third kappa shape index (κ3) is 2.61. The Morgan fingerprint density at radius 3 is 2.82 bits per heavy atom. The van der Waals surface area contributed by atoms with Crippen LogP contribution in [0.3, 0.4) is 0 Å². The molecule has 0 saturated heterocycles. The molecule has 2 rings (SSSR count). The molecule has 0 fully saturated rings. The summed E-state index contributed by atoms with van der Waals surface area (Å²) >= 11 is 9.62. The highest BCUT2D eigenvalue weighted by atomic mass is 79.9. The van der Waals surface area contributed by atoms with Crippen LogP contribution in [0, 0.1) is 0 Å². The van der Waals surface area contributed by atoms with Gasteiger partial charge in [0.05, 0.1) is 10.5 Å². The van der Waals surface area contributed by atoms with Crippen molar-refractivity contribution in [2.75, 3.05) is 6.54 Å². The van der Waals surface area contributed by atoms with Gasteiger partial charge >= 0.3 is 0 Å². The van der Waals surface area contributed by atoms with Crippen molar-refractivity contribution in [2.24, 2.45) is 0 Å². The third-order valence-corrected chi connectivity index (χ3v) is 3.84. The number of benzene rings is 1. The van der Waals surface area contributed by atoms with Crippen molar-refractivity contribution in [2.45, 2.75) is 38.8 Å². The molecule has 1 aliphatic rings. The zero-order valence-corrected chi connectivity index (χ0v) is 12.4. The maximum atomic E-state index is 6.11. The Kier molecular flexibility index (Phi) is 4.34. The van der Waals surface area contributed by atoms with Gasteiger partial charge in [-0.2, -0.15) is 0 Å². The van der Waals surface area contributed by atoms with Crippen molar-refractivity contribution in [3.05, 3.63) is 27.2 Å². The van der Waals surface area contributed by atoms with Crippen LogP contribution in [0.25, 0.3) is 0 Å². The molecule has 4 heteroatoms. The van der Waals surface area contributed by atoms with Crippen LogP contribution in [-0.4, -0.2) is 12.6 Å². The molecule has 2 nitrogen and oxygen atoms in total. The monoisotopic (exact) mass is 317 g/mol. The van der Waals surface area contributed by atoms with Crippen LogP contribution in [0.1, 0.15) is 38.3 Å². The minimum absolute atomic E-state index is 0.200. The van der Waals surface area contributed by atoms with E-state index in [1.54, 1.807) is 0 Å². The predicted molar refractivity (Wildman–Crippen MR) is 74.9 cm³/mol. The molecule has 1 aliphatic heterocycles. The van der Waals surface area contributed by atoms with E-state index in [0.29, 0.717) is 0 Å². The van der Waals surface area contributed by atoms with Crippen LogP contribution in [0.4, 0.5) is 0 Å². The highest BCUT2D eigenvalue weighted by Gasteiger charge is 2.34. The van der Waals surface area contributed by atoms with E-state index in [1.807, 2.05) is 12.1 Å². The largest absolute Gasteiger partial charge is 0.487 e. The Morgan fingerprint density at radius 2 is 2.18 bits per heavy atom. The molecule has 1 heterocycles. The van der Waals surface area contributed by atoms with E-state index in [0.717, 1.165) is 34.6 Å². The fraction of sp³-hybridized carbons (Fsp3) is 0.538. The zero-order valence-electron chi connectivity index (χ0n) is 10.1. The highest BCUT2D eigenvalue weighted by Crippen LogP contribution is 2.44. The van der Waals surface area contributed by atoms with E-state index < -0.39 is 0 Å². The zero-order chi connectivity index (χ0) is 12.4. The smallest absolute Gasteiger partial charge is 0.139 e. The van der Waals surface area contributed by atoms with Gasteiger partial charge in [-0.3, -0.25) is 0 Å². The summed E-state index contributed by atoms with van der Waals surface area (Å²) in [5, 5.41) is 4.29. The SMILES string of the molecule is CCCNC1c2cc(Cl)cc(Br)c2OC1CC. The number of hydrogen-bond donors (Lipinski definition) is 1. The molecule has 94 valence electrons. The maximum Gasteiger partial charge on any atom is 0.139 e. The fourth-order valence-corrected chi connectivity index (χ4v) is 3.14. The summed E-state index contributed by atoms with van der Waals surface area (Å²) in [6, 6.07) is 4.14. The molecular formula is C13H17BrClNO. The summed E-state index contributed by atoms with van der Waals surface area (Å²) < 4.78 is 6.93. The van der Waals surface area contributed by atoms with Crippen LogP contribution in [0.2, 0.25) is 5.02 Å². The number of halogens is 2. The summed E-state index contributed by atoms with van der Waals surface area (Å²) in [7, 11) is 0. The van der Waals surface area contributed by atoms with Gasteiger partial charge in [-0.1, -0.05) is 25.4 Å². The van der Waals surface area contributed by atoms with E-state index >= 15 is 0 Å². The second kappa shape index (κ2) is 5.59. The van der Waals surface area contributed by atoms with Crippen LogP contribution in [0.5, 0.6) is 5.75 Å². The Labute approximate surface area is 116 Å². The Bertz CT molecular complexity index is 411. The third-order valence-electron chi connectivity index (χ3n) is 3.03. The summed E-state index contributed by atoms with van der Waals surface area (Å²) in [6.07, 6.45) is 2.30. The van der Waals surface area contributed by atoms with Gasteiger partial charge in [0, 0.05) is 10.6 Å². The van der Waals surface area contributed by atoms with Gasteiger partial charge < -0.3 is 10.1 Å². The average molecular weight is 319 g/mol. The number of rotatable bonds is 4. The van der Waals surface area contributed by atoms with Crippen molar-refractivity contribution in [1.29, 1.82) is 0 Å². The fourth-order valence-electron chi connectivity index (χ4n) is 2.22. The quantitative estimate of drug-likeness (QED) is 0.893. The summed E-state index contributed by atoms with van der Waals surface area (Å²) in [4.78, 5) is 0. The summed E-state index contributed by atoms with van der Waals surface area (Å²) in [6.45, 7) is 5.30. The lowest BCUT2D eigenvalue weighted by molar-refractivity contribution is 0.184. The van der Waals surface area contributed by atoms with Crippen molar-refractivity contribution >= 4 is 27.5 Å². The van der Waals surface area contributed by atoms with Gasteiger partial charge in [-0.25, -0.2) is 0 Å². The number of fused-ring (bicyclic) bond motifs is 1. The minimum atomic E-state index is 0.200. The lowest BCUT2D eigenvalue weighted by atomic mass is 10.0. The Balaban J connectivity index is 2.33. The van der Waals surface area contributed by atoms with Crippen molar-refractivity contribution in [3.8, 4) is 5.75 Å². The van der Waals surface area contributed by atoms with E-state index in [1.165, 1.54) is 5.56 Å². The molecule has 0 aromatic heterocycles. The minimum Gasteiger partial charge on any atom is -0.487 e.